The van der Waals surface area contributed by atoms with E-state index in [9.17, 15) is 9.59 Å². The lowest BCUT2D eigenvalue weighted by Gasteiger charge is -2.17. The van der Waals surface area contributed by atoms with Gasteiger partial charge < -0.3 is 10.4 Å². The molecular weight excluding hydrogens is 314 g/mol. The Hall–Kier alpha value is -3.08. The lowest BCUT2D eigenvalue weighted by Crippen LogP contribution is -2.22. The summed E-state index contributed by atoms with van der Waals surface area (Å²) in [5.41, 5.74) is 2.34. The predicted molar refractivity (Wildman–Crippen MR) is 98.4 cm³/mol. The molecule has 0 atom stereocenters. The molecule has 25 heavy (non-hydrogen) atoms. The number of aromatic nitrogens is 2. The van der Waals surface area contributed by atoms with Gasteiger partial charge in [0.05, 0.1) is 0 Å². The Labute approximate surface area is 146 Å². The van der Waals surface area contributed by atoms with Gasteiger partial charge in [0.1, 0.15) is 5.69 Å². The van der Waals surface area contributed by atoms with E-state index in [4.69, 9.17) is 0 Å². The van der Waals surface area contributed by atoms with Crippen LogP contribution in [-0.2, 0) is 17.6 Å². The van der Waals surface area contributed by atoms with Gasteiger partial charge in [-0.2, -0.15) is 0 Å². The average Bonchev–Trinajstić information content (AvgIpc) is 3.01. The lowest BCUT2D eigenvalue weighted by molar-refractivity contribution is -0.117. The topological polar surface area (TPSA) is 77.8 Å². The third kappa shape index (κ3) is 4.94. The number of aromatic amines is 2. The Bertz CT molecular complexity index is 812. The molecule has 3 aromatic rings. The molecular formula is C20H21N3O2. The number of rotatable bonds is 7. The van der Waals surface area contributed by atoms with Crippen LogP contribution in [0, 0.1) is 5.92 Å². The van der Waals surface area contributed by atoms with Crippen LogP contribution in [0.4, 0.5) is 5.69 Å². The van der Waals surface area contributed by atoms with Gasteiger partial charge in [-0.25, -0.2) is 0 Å². The molecule has 128 valence electrons. The molecule has 0 aliphatic rings. The summed E-state index contributed by atoms with van der Waals surface area (Å²) < 4.78 is 0. The van der Waals surface area contributed by atoms with Crippen molar-refractivity contribution >= 4 is 11.6 Å². The van der Waals surface area contributed by atoms with E-state index < -0.39 is 0 Å². The molecule has 0 bridgehead atoms. The maximum atomic E-state index is 12.4. The maximum absolute atomic E-state index is 12.4. The minimum absolute atomic E-state index is 0.151. The van der Waals surface area contributed by atoms with Crippen LogP contribution in [0.15, 0.2) is 71.7 Å². The van der Waals surface area contributed by atoms with Gasteiger partial charge in [-0.15, -0.1) is 0 Å². The van der Waals surface area contributed by atoms with Crippen LogP contribution in [0.1, 0.15) is 17.5 Å². The standard InChI is InChI=1S/C20H21N3O2/c24-19(22-18-14-21-23-20(18)25)13-17(11-15-7-3-1-4-8-15)12-16-9-5-2-6-10-16/h1-10,14,17H,11-13H2,(H,22,24)(H2,21,23,25). The number of benzene rings is 2. The Balaban J connectivity index is 1.70. The molecule has 1 aromatic heterocycles. The van der Waals surface area contributed by atoms with Gasteiger partial charge in [0, 0.05) is 12.6 Å². The van der Waals surface area contributed by atoms with Crippen LogP contribution in [0.3, 0.4) is 0 Å². The molecule has 3 N–H and O–H groups in total. The Morgan fingerprint density at radius 3 is 1.96 bits per heavy atom. The highest BCUT2D eigenvalue weighted by Crippen LogP contribution is 2.19. The van der Waals surface area contributed by atoms with Crippen molar-refractivity contribution in [3.05, 3.63) is 88.3 Å². The van der Waals surface area contributed by atoms with E-state index in [1.165, 1.54) is 17.3 Å². The van der Waals surface area contributed by atoms with Crippen LogP contribution in [0.5, 0.6) is 0 Å². The quantitative estimate of drug-likeness (QED) is 0.620. The summed E-state index contributed by atoms with van der Waals surface area (Å²) in [6, 6.07) is 20.3. The smallest absolute Gasteiger partial charge is 0.287 e. The normalized spacial score (nSPS) is 10.8. The largest absolute Gasteiger partial charge is 0.320 e. The van der Waals surface area contributed by atoms with Gasteiger partial charge >= 0.3 is 0 Å². The molecule has 1 heterocycles. The second-order valence-electron chi connectivity index (χ2n) is 6.15. The van der Waals surface area contributed by atoms with Crippen LogP contribution in [-0.4, -0.2) is 16.1 Å². The molecule has 0 spiro atoms. The molecule has 2 aromatic carbocycles. The zero-order valence-electron chi connectivity index (χ0n) is 13.9. The van der Waals surface area contributed by atoms with E-state index in [2.05, 4.69) is 39.8 Å². The number of amides is 1. The summed E-state index contributed by atoms with van der Waals surface area (Å²) in [6.45, 7) is 0. The molecule has 5 nitrogen and oxygen atoms in total. The monoisotopic (exact) mass is 335 g/mol. The molecule has 3 rings (SSSR count). The van der Waals surface area contributed by atoms with E-state index in [-0.39, 0.29) is 23.1 Å². The highest BCUT2D eigenvalue weighted by Gasteiger charge is 2.16. The fourth-order valence-corrected chi connectivity index (χ4v) is 2.97. The van der Waals surface area contributed by atoms with Gasteiger partial charge in [-0.05, 0) is 29.9 Å². The van der Waals surface area contributed by atoms with Crippen molar-refractivity contribution in [2.24, 2.45) is 5.92 Å². The number of anilines is 1. The number of hydrogen-bond acceptors (Lipinski definition) is 2. The third-order valence-corrected chi connectivity index (χ3v) is 4.13. The molecule has 0 aliphatic carbocycles. The average molecular weight is 335 g/mol. The Morgan fingerprint density at radius 1 is 0.920 bits per heavy atom. The fraction of sp³-hybridized carbons (Fsp3) is 0.200. The zero-order valence-corrected chi connectivity index (χ0v) is 13.9. The minimum atomic E-state index is -0.323. The van der Waals surface area contributed by atoms with Crippen molar-refractivity contribution in [2.45, 2.75) is 19.3 Å². The number of H-pyrrole nitrogens is 2. The predicted octanol–water partition coefficient (Wildman–Crippen LogP) is 3.13. The number of nitrogens with one attached hydrogen (secondary N) is 3. The summed E-state index contributed by atoms with van der Waals surface area (Å²) in [5.74, 6) is 0.00443. The maximum Gasteiger partial charge on any atom is 0.287 e. The fourth-order valence-electron chi connectivity index (χ4n) is 2.97. The van der Waals surface area contributed by atoms with Crippen molar-refractivity contribution in [3.63, 3.8) is 0 Å². The lowest BCUT2D eigenvalue weighted by atomic mass is 9.89. The first-order valence-electron chi connectivity index (χ1n) is 8.34. The molecule has 1 amide bonds. The molecule has 5 heteroatoms. The van der Waals surface area contributed by atoms with E-state index in [0.29, 0.717) is 6.42 Å². The molecule has 0 fully saturated rings. The Kier molecular flexibility index (Phi) is 5.46. The van der Waals surface area contributed by atoms with E-state index >= 15 is 0 Å². The van der Waals surface area contributed by atoms with Gasteiger partial charge in [-0.3, -0.25) is 14.7 Å². The second-order valence-corrected chi connectivity index (χ2v) is 6.15. The van der Waals surface area contributed by atoms with Gasteiger partial charge in [0.2, 0.25) is 5.91 Å². The summed E-state index contributed by atoms with van der Waals surface area (Å²) in [7, 11) is 0. The summed E-state index contributed by atoms with van der Waals surface area (Å²) in [6.07, 6.45) is 3.44. The summed E-state index contributed by atoms with van der Waals surface area (Å²) >= 11 is 0. The molecule has 0 saturated heterocycles. The first kappa shape index (κ1) is 16.8. The first-order valence-corrected chi connectivity index (χ1v) is 8.34. The van der Waals surface area contributed by atoms with Crippen LogP contribution >= 0.6 is 0 Å². The van der Waals surface area contributed by atoms with Crippen LogP contribution in [0.25, 0.3) is 0 Å². The highest BCUT2D eigenvalue weighted by atomic mass is 16.2. The summed E-state index contributed by atoms with van der Waals surface area (Å²) in [5, 5.41) is 7.67. The van der Waals surface area contributed by atoms with Crippen molar-refractivity contribution < 1.29 is 4.79 Å². The third-order valence-electron chi connectivity index (χ3n) is 4.13. The van der Waals surface area contributed by atoms with Crippen molar-refractivity contribution in [2.75, 3.05) is 5.32 Å². The van der Waals surface area contributed by atoms with Crippen molar-refractivity contribution in [1.29, 1.82) is 0 Å². The molecule has 0 saturated carbocycles. The molecule has 0 aliphatic heterocycles. The number of carbonyl (C=O) groups is 1. The second kappa shape index (κ2) is 8.15. The van der Waals surface area contributed by atoms with E-state index in [0.717, 1.165) is 12.8 Å². The van der Waals surface area contributed by atoms with Crippen molar-refractivity contribution in [1.82, 2.24) is 10.2 Å². The Morgan fingerprint density at radius 2 is 1.48 bits per heavy atom. The van der Waals surface area contributed by atoms with Crippen molar-refractivity contribution in [3.8, 4) is 0 Å². The first-order chi connectivity index (χ1) is 12.2. The van der Waals surface area contributed by atoms with Gasteiger partial charge in [-0.1, -0.05) is 60.7 Å². The van der Waals surface area contributed by atoms with Crippen LogP contribution in [0.2, 0.25) is 0 Å². The van der Waals surface area contributed by atoms with E-state index in [1.807, 2.05) is 36.4 Å². The molecule has 0 unspecified atom stereocenters. The van der Waals surface area contributed by atoms with E-state index in [1.54, 1.807) is 0 Å². The number of carbonyl (C=O) groups excluding carboxylic acids is 1. The summed E-state index contributed by atoms with van der Waals surface area (Å²) in [4.78, 5) is 23.9. The number of hydrogen-bond donors (Lipinski definition) is 3. The minimum Gasteiger partial charge on any atom is -0.320 e. The van der Waals surface area contributed by atoms with Crippen LogP contribution < -0.4 is 10.9 Å². The van der Waals surface area contributed by atoms with Gasteiger partial charge in [0.25, 0.3) is 5.56 Å². The highest BCUT2D eigenvalue weighted by molar-refractivity contribution is 5.90. The molecule has 0 radical (unpaired) electrons. The van der Waals surface area contributed by atoms with Gasteiger partial charge in [0.15, 0.2) is 0 Å². The SMILES string of the molecule is O=C(CC(Cc1ccccc1)Cc1ccccc1)Nc1c[nH][nH]c1=O. The zero-order chi connectivity index (χ0) is 17.5.